The first-order valence-corrected chi connectivity index (χ1v) is 8.50. The van der Waals surface area contributed by atoms with Gasteiger partial charge in [-0.05, 0) is 43.0 Å². The van der Waals surface area contributed by atoms with E-state index in [9.17, 15) is 4.39 Å². The molecule has 1 fully saturated rings. The van der Waals surface area contributed by atoms with E-state index in [4.69, 9.17) is 17.3 Å². The van der Waals surface area contributed by atoms with Gasteiger partial charge >= 0.3 is 0 Å². The minimum Gasteiger partial charge on any atom is -0.353 e. The number of halogens is 2. The van der Waals surface area contributed by atoms with Gasteiger partial charge in [0.15, 0.2) is 5.96 Å². The molecule has 0 bridgehead atoms. The molecule has 1 aromatic carbocycles. The van der Waals surface area contributed by atoms with Crippen molar-refractivity contribution < 1.29 is 4.39 Å². The number of hydrogen-bond acceptors (Lipinski definition) is 2. The molecule has 1 aliphatic carbocycles. The zero-order valence-corrected chi connectivity index (χ0v) is 14.6. The van der Waals surface area contributed by atoms with Crippen LogP contribution in [0.2, 0.25) is 5.02 Å². The van der Waals surface area contributed by atoms with E-state index in [1.807, 2.05) is 0 Å². The molecule has 128 valence electrons. The van der Waals surface area contributed by atoms with Gasteiger partial charge in [0.1, 0.15) is 5.82 Å². The highest BCUT2D eigenvalue weighted by molar-refractivity contribution is 6.31. The third-order valence-corrected chi connectivity index (χ3v) is 4.39. The van der Waals surface area contributed by atoms with Gasteiger partial charge in [0.2, 0.25) is 0 Å². The average Bonchev–Trinajstić information content (AvgIpc) is 3.02. The molecule has 23 heavy (non-hydrogen) atoms. The normalized spacial score (nSPS) is 16.7. The van der Waals surface area contributed by atoms with Crippen molar-refractivity contribution in [2.45, 2.75) is 45.6 Å². The van der Waals surface area contributed by atoms with Crippen LogP contribution < -0.4 is 16.4 Å². The van der Waals surface area contributed by atoms with E-state index in [0.29, 0.717) is 30.8 Å². The van der Waals surface area contributed by atoms with Crippen molar-refractivity contribution >= 4 is 23.2 Å². The summed E-state index contributed by atoms with van der Waals surface area (Å²) in [6.45, 7) is 5.34. The molecule has 1 saturated carbocycles. The second kappa shape index (κ2) is 7.97. The van der Waals surface area contributed by atoms with Crippen molar-refractivity contribution in [3.8, 4) is 0 Å². The van der Waals surface area contributed by atoms with Crippen LogP contribution in [0, 0.1) is 11.2 Å². The highest BCUT2D eigenvalue weighted by Gasteiger charge is 2.19. The number of anilines is 1. The molecule has 4 N–H and O–H groups in total. The number of nitrogens with two attached hydrogens (primary N) is 1. The molecule has 0 saturated heterocycles. The summed E-state index contributed by atoms with van der Waals surface area (Å²) in [5.74, 6) is 0.268. The number of guanidine groups is 1. The Hall–Kier alpha value is -1.33. The van der Waals surface area contributed by atoms with Gasteiger partial charge in [-0.3, -0.25) is 4.99 Å². The van der Waals surface area contributed by atoms with Crippen molar-refractivity contribution in [3.63, 3.8) is 0 Å². The number of hydrogen-bond donors (Lipinski definition) is 3. The summed E-state index contributed by atoms with van der Waals surface area (Å²) >= 11 is 5.85. The quantitative estimate of drug-likeness (QED) is 0.565. The maximum Gasteiger partial charge on any atom is 0.196 e. The fourth-order valence-corrected chi connectivity index (χ4v) is 2.63. The van der Waals surface area contributed by atoms with Gasteiger partial charge in [-0.15, -0.1) is 0 Å². The molecule has 6 heteroatoms. The average molecular weight is 341 g/mol. The van der Waals surface area contributed by atoms with Crippen LogP contribution in [-0.4, -0.2) is 25.1 Å². The molecule has 1 aliphatic rings. The Kier molecular flexibility index (Phi) is 6.25. The van der Waals surface area contributed by atoms with Gasteiger partial charge in [0.25, 0.3) is 0 Å². The highest BCUT2D eigenvalue weighted by Crippen LogP contribution is 2.21. The van der Waals surface area contributed by atoms with Gasteiger partial charge in [0, 0.05) is 18.3 Å². The first kappa shape index (κ1) is 18.0. The van der Waals surface area contributed by atoms with E-state index in [1.165, 1.54) is 18.9 Å². The Morgan fingerprint density at radius 3 is 2.70 bits per heavy atom. The van der Waals surface area contributed by atoms with E-state index in [0.717, 1.165) is 12.8 Å². The molecule has 0 atom stereocenters. The molecule has 0 unspecified atom stereocenters. The van der Waals surface area contributed by atoms with E-state index < -0.39 is 5.82 Å². The Morgan fingerprint density at radius 1 is 1.39 bits per heavy atom. The second-order valence-corrected chi connectivity index (χ2v) is 7.32. The molecule has 0 aliphatic heterocycles. The largest absolute Gasteiger partial charge is 0.353 e. The van der Waals surface area contributed by atoms with Crippen LogP contribution in [0.15, 0.2) is 23.2 Å². The van der Waals surface area contributed by atoms with Crippen LogP contribution in [0.3, 0.4) is 0 Å². The molecule has 0 amide bonds. The van der Waals surface area contributed by atoms with Gasteiger partial charge in [-0.1, -0.05) is 38.3 Å². The summed E-state index contributed by atoms with van der Waals surface area (Å²) in [6.07, 6.45) is 4.76. The maximum absolute atomic E-state index is 13.3. The second-order valence-electron chi connectivity index (χ2n) is 6.91. The van der Waals surface area contributed by atoms with Crippen molar-refractivity contribution in [3.05, 3.63) is 29.0 Å². The third-order valence-electron chi connectivity index (χ3n) is 4.10. The topological polar surface area (TPSA) is 62.4 Å². The number of nitrogens with one attached hydrogen (secondary N) is 2. The molecular weight excluding hydrogens is 315 g/mol. The number of rotatable bonds is 5. The lowest BCUT2D eigenvalue weighted by atomic mass is 9.94. The van der Waals surface area contributed by atoms with Gasteiger partial charge < -0.3 is 16.4 Å². The predicted molar refractivity (Wildman–Crippen MR) is 95.6 cm³/mol. The molecule has 1 aromatic rings. The Labute approximate surface area is 142 Å². The van der Waals surface area contributed by atoms with Gasteiger partial charge in [-0.2, -0.15) is 0 Å². The van der Waals surface area contributed by atoms with Crippen molar-refractivity contribution in [2.24, 2.45) is 16.1 Å². The summed E-state index contributed by atoms with van der Waals surface area (Å²) in [5.41, 5.74) is 6.43. The van der Waals surface area contributed by atoms with Crippen LogP contribution in [0.4, 0.5) is 10.1 Å². The summed E-state index contributed by atoms with van der Waals surface area (Å²) in [6, 6.07) is 5.00. The molecule has 4 nitrogen and oxygen atoms in total. The minimum atomic E-state index is -0.427. The number of nitrogens with zero attached hydrogens (tertiary/aromatic N) is 1. The Balaban J connectivity index is 2.11. The fraction of sp³-hybridized carbons (Fsp3) is 0.588. The smallest absolute Gasteiger partial charge is 0.196 e. The lowest BCUT2D eigenvalue weighted by molar-refractivity contribution is 0.393. The maximum atomic E-state index is 13.3. The summed E-state index contributed by atoms with van der Waals surface area (Å²) in [7, 11) is 0. The molecule has 0 aromatic heterocycles. The Morgan fingerprint density at radius 2 is 2.09 bits per heavy atom. The Bertz CT molecular complexity index is 554. The number of benzene rings is 1. The molecule has 0 spiro atoms. The van der Waals surface area contributed by atoms with Crippen molar-refractivity contribution in [1.29, 1.82) is 0 Å². The zero-order valence-electron chi connectivity index (χ0n) is 13.8. The SMILES string of the molecule is CC(C)(CN)CN=C(Nc1ccc(F)c(Cl)c1)NC1CCCC1. The number of aliphatic imine (C=N–C) groups is 1. The van der Waals surface area contributed by atoms with E-state index in [1.54, 1.807) is 12.1 Å². The van der Waals surface area contributed by atoms with E-state index in [2.05, 4.69) is 29.5 Å². The summed E-state index contributed by atoms with van der Waals surface area (Å²) < 4.78 is 13.3. The lowest BCUT2D eigenvalue weighted by Crippen LogP contribution is -2.39. The third kappa shape index (κ3) is 5.66. The first-order valence-electron chi connectivity index (χ1n) is 8.13. The summed E-state index contributed by atoms with van der Waals surface area (Å²) in [5, 5.41) is 6.77. The van der Waals surface area contributed by atoms with Crippen molar-refractivity contribution in [1.82, 2.24) is 5.32 Å². The molecule has 0 heterocycles. The van der Waals surface area contributed by atoms with Crippen LogP contribution in [-0.2, 0) is 0 Å². The van der Waals surface area contributed by atoms with Crippen LogP contribution in [0.5, 0.6) is 0 Å². The molecule has 2 rings (SSSR count). The minimum absolute atomic E-state index is 0.0648. The predicted octanol–water partition coefficient (Wildman–Crippen LogP) is 3.76. The van der Waals surface area contributed by atoms with Crippen LogP contribution in [0.25, 0.3) is 0 Å². The van der Waals surface area contributed by atoms with Gasteiger partial charge in [0.05, 0.1) is 5.02 Å². The first-order chi connectivity index (χ1) is 10.9. The summed E-state index contributed by atoms with van der Waals surface area (Å²) in [4.78, 5) is 4.65. The van der Waals surface area contributed by atoms with Crippen LogP contribution in [0.1, 0.15) is 39.5 Å². The zero-order chi connectivity index (χ0) is 16.9. The van der Waals surface area contributed by atoms with Crippen LogP contribution >= 0.6 is 11.6 Å². The lowest BCUT2D eigenvalue weighted by Gasteiger charge is -2.22. The highest BCUT2D eigenvalue weighted by atomic mass is 35.5. The van der Waals surface area contributed by atoms with Gasteiger partial charge in [-0.25, -0.2) is 4.39 Å². The van der Waals surface area contributed by atoms with E-state index >= 15 is 0 Å². The van der Waals surface area contributed by atoms with Crippen molar-refractivity contribution in [2.75, 3.05) is 18.4 Å². The monoisotopic (exact) mass is 340 g/mol. The fourth-order valence-electron chi connectivity index (χ4n) is 2.45. The molecular formula is C17H26ClFN4. The van der Waals surface area contributed by atoms with E-state index in [-0.39, 0.29) is 10.4 Å². The standard InChI is InChI=1S/C17H26ClFN4/c1-17(2,10-20)11-21-16(22-12-5-3-4-6-12)23-13-7-8-15(19)14(18)9-13/h7-9,12H,3-6,10-11,20H2,1-2H3,(H2,21,22,23). The molecule has 0 radical (unpaired) electrons.